The van der Waals surface area contributed by atoms with Gasteiger partial charge >= 0.3 is 0 Å². The Kier molecular flexibility index (Phi) is 8.38. The number of aromatic nitrogens is 2. The molecule has 0 amide bonds. The Hall–Kier alpha value is -2.75. The summed E-state index contributed by atoms with van der Waals surface area (Å²) in [5.41, 5.74) is 5.16. The molecule has 0 fully saturated rings. The van der Waals surface area contributed by atoms with E-state index in [0.29, 0.717) is 23.0 Å². The highest BCUT2D eigenvalue weighted by Gasteiger charge is 2.22. The van der Waals surface area contributed by atoms with Gasteiger partial charge in [0.15, 0.2) is 11.6 Å². The summed E-state index contributed by atoms with van der Waals surface area (Å²) >= 11 is 3.18. The monoisotopic (exact) mass is 505 g/mol. The lowest BCUT2D eigenvalue weighted by Crippen LogP contribution is -2.28. The van der Waals surface area contributed by atoms with Crippen LogP contribution in [0, 0.1) is 11.6 Å². The van der Waals surface area contributed by atoms with Gasteiger partial charge in [-0.1, -0.05) is 28.1 Å². The third-order valence-corrected chi connectivity index (χ3v) is 5.30. The molecule has 0 aliphatic carbocycles. The van der Waals surface area contributed by atoms with Crippen molar-refractivity contribution >= 4 is 21.7 Å². The van der Waals surface area contributed by atoms with E-state index in [2.05, 4.69) is 20.9 Å². The van der Waals surface area contributed by atoms with Gasteiger partial charge in [0.25, 0.3) is 5.56 Å². The number of hydrogen-bond donors (Lipinski definition) is 1. The predicted octanol–water partition coefficient (Wildman–Crippen LogP) is 3.47. The number of pyridine rings is 2. The first kappa shape index (κ1) is 23.9. The molecule has 0 aliphatic rings. The van der Waals surface area contributed by atoms with Crippen LogP contribution in [0.2, 0.25) is 0 Å². The summed E-state index contributed by atoms with van der Waals surface area (Å²) < 4.78 is 36.6. The van der Waals surface area contributed by atoms with Crippen molar-refractivity contribution in [3.05, 3.63) is 97.6 Å². The van der Waals surface area contributed by atoms with Crippen molar-refractivity contribution in [3.8, 4) is 0 Å². The molecule has 1 aromatic carbocycles. The molecule has 2 aromatic heterocycles. The van der Waals surface area contributed by atoms with Crippen molar-refractivity contribution in [2.75, 3.05) is 19.8 Å². The van der Waals surface area contributed by atoms with Crippen molar-refractivity contribution in [2.24, 2.45) is 5.73 Å². The number of nitrogens with zero attached hydrogens (tertiary/aromatic N) is 2. The van der Waals surface area contributed by atoms with Gasteiger partial charge in [0.1, 0.15) is 12.4 Å². The third-order valence-electron chi connectivity index (χ3n) is 4.81. The molecule has 0 saturated heterocycles. The van der Waals surface area contributed by atoms with Crippen molar-refractivity contribution in [2.45, 2.75) is 19.4 Å². The largest absolute Gasteiger partial charge is 0.373 e. The fourth-order valence-electron chi connectivity index (χ4n) is 3.17. The van der Waals surface area contributed by atoms with E-state index in [1.54, 1.807) is 30.6 Å². The average Bonchev–Trinajstić information content (AvgIpc) is 2.78. The fraction of sp³-hybridized carbons (Fsp3) is 0.261. The summed E-state index contributed by atoms with van der Waals surface area (Å²) in [4.78, 5) is 29.6. The van der Waals surface area contributed by atoms with E-state index in [1.165, 1.54) is 18.3 Å². The number of halogens is 3. The molecule has 0 unspecified atom stereocenters. The number of Topliss-reactive ketones (excluding diaryl/α,β-unsaturated/α-hetero) is 1. The van der Waals surface area contributed by atoms with Gasteiger partial charge in [-0.05, 0) is 42.3 Å². The summed E-state index contributed by atoms with van der Waals surface area (Å²) in [6.07, 6.45) is 4.75. The zero-order valence-electron chi connectivity index (χ0n) is 17.2. The zero-order valence-corrected chi connectivity index (χ0v) is 18.8. The van der Waals surface area contributed by atoms with E-state index in [1.807, 2.05) is 0 Å². The number of benzene rings is 1. The standard InChI is InChI=1S/C23H22BrF2N3O3/c24-17-5-4-16(20(25)10-17)9-18-19(21(30)14-32-8-2-6-27)13-29(23(31)22(18)26)12-15-3-1-7-28-11-15/h1,3-5,7,10-11,13H,2,6,8-9,12,14,27H2. The van der Waals surface area contributed by atoms with Crippen LogP contribution in [0.3, 0.4) is 0 Å². The van der Waals surface area contributed by atoms with Crippen molar-refractivity contribution < 1.29 is 18.3 Å². The van der Waals surface area contributed by atoms with Gasteiger partial charge in [0.05, 0.1) is 6.54 Å². The normalized spacial score (nSPS) is 11.0. The number of ether oxygens (including phenoxy) is 1. The summed E-state index contributed by atoms with van der Waals surface area (Å²) in [7, 11) is 0. The van der Waals surface area contributed by atoms with Gasteiger partial charge in [0.2, 0.25) is 0 Å². The molecule has 3 rings (SSSR count). The maximum absolute atomic E-state index is 15.2. The lowest BCUT2D eigenvalue weighted by molar-refractivity contribution is 0.0756. The third kappa shape index (κ3) is 5.93. The first-order valence-electron chi connectivity index (χ1n) is 9.96. The van der Waals surface area contributed by atoms with Gasteiger partial charge in [-0.25, -0.2) is 8.78 Å². The van der Waals surface area contributed by atoms with E-state index in [-0.39, 0.29) is 42.9 Å². The van der Waals surface area contributed by atoms with Crippen LogP contribution in [0.15, 0.2) is 58.2 Å². The van der Waals surface area contributed by atoms with Crippen LogP contribution >= 0.6 is 15.9 Å². The van der Waals surface area contributed by atoms with Gasteiger partial charge in [-0.3, -0.25) is 14.6 Å². The van der Waals surface area contributed by atoms with E-state index in [4.69, 9.17) is 10.5 Å². The molecule has 9 heteroatoms. The van der Waals surface area contributed by atoms with Crippen LogP contribution < -0.4 is 11.3 Å². The molecule has 0 aliphatic heterocycles. The number of carbonyl (C=O) groups is 1. The molecule has 0 atom stereocenters. The van der Waals surface area contributed by atoms with Gasteiger partial charge < -0.3 is 15.0 Å². The SMILES string of the molecule is NCCCOCC(=O)c1cn(Cc2cccnc2)c(=O)c(F)c1Cc1ccc(Br)cc1F. The maximum Gasteiger partial charge on any atom is 0.287 e. The van der Waals surface area contributed by atoms with Crippen LogP contribution in [0.25, 0.3) is 0 Å². The van der Waals surface area contributed by atoms with Crippen molar-refractivity contribution in [3.63, 3.8) is 0 Å². The van der Waals surface area contributed by atoms with E-state index < -0.39 is 23.0 Å². The second-order valence-electron chi connectivity index (χ2n) is 7.16. The highest BCUT2D eigenvalue weighted by molar-refractivity contribution is 9.10. The highest BCUT2D eigenvalue weighted by atomic mass is 79.9. The minimum atomic E-state index is -1.09. The Morgan fingerprint density at radius 3 is 2.75 bits per heavy atom. The van der Waals surface area contributed by atoms with Crippen LogP contribution in [0.1, 0.15) is 33.5 Å². The molecule has 6 nitrogen and oxygen atoms in total. The van der Waals surface area contributed by atoms with Gasteiger partial charge in [-0.15, -0.1) is 0 Å². The van der Waals surface area contributed by atoms with Crippen molar-refractivity contribution in [1.29, 1.82) is 0 Å². The summed E-state index contributed by atoms with van der Waals surface area (Å²) in [5, 5.41) is 0. The lowest BCUT2D eigenvalue weighted by Gasteiger charge is -2.15. The molecule has 0 saturated carbocycles. The molecular formula is C23H22BrF2N3O3. The van der Waals surface area contributed by atoms with Gasteiger partial charge in [0, 0.05) is 47.2 Å². The molecule has 2 N–H and O–H groups in total. The molecule has 168 valence electrons. The first-order valence-corrected chi connectivity index (χ1v) is 10.8. The molecule has 2 heterocycles. The average molecular weight is 506 g/mol. The Bertz CT molecular complexity index is 1150. The number of nitrogens with two attached hydrogens (primary N) is 1. The van der Waals surface area contributed by atoms with Crippen molar-refractivity contribution in [1.82, 2.24) is 9.55 Å². The second-order valence-corrected chi connectivity index (χ2v) is 8.08. The van der Waals surface area contributed by atoms with Crippen LogP contribution in [0.5, 0.6) is 0 Å². The smallest absolute Gasteiger partial charge is 0.287 e. The Labute approximate surface area is 192 Å². The van der Waals surface area contributed by atoms with E-state index in [0.717, 1.165) is 4.57 Å². The minimum Gasteiger partial charge on any atom is -0.373 e. The molecule has 32 heavy (non-hydrogen) atoms. The Balaban J connectivity index is 2.02. The van der Waals surface area contributed by atoms with Crippen LogP contribution in [-0.2, 0) is 17.7 Å². The molecule has 0 bridgehead atoms. The second kappa shape index (κ2) is 11.2. The van der Waals surface area contributed by atoms with Crippen LogP contribution in [0.4, 0.5) is 8.78 Å². The minimum absolute atomic E-state index is 0.0268. The predicted molar refractivity (Wildman–Crippen MR) is 120 cm³/mol. The highest BCUT2D eigenvalue weighted by Crippen LogP contribution is 2.22. The molecule has 3 aromatic rings. The lowest BCUT2D eigenvalue weighted by atomic mass is 9.98. The van der Waals surface area contributed by atoms with E-state index >= 15 is 4.39 Å². The quantitative estimate of drug-likeness (QED) is 0.336. The summed E-state index contributed by atoms with van der Waals surface area (Å²) in [6, 6.07) is 7.76. The molecule has 0 spiro atoms. The number of rotatable bonds is 10. The maximum atomic E-state index is 15.2. The topological polar surface area (TPSA) is 87.2 Å². The Morgan fingerprint density at radius 1 is 1.25 bits per heavy atom. The molecular weight excluding hydrogens is 484 g/mol. The van der Waals surface area contributed by atoms with E-state index in [9.17, 15) is 14.0 Å². The number of ketones is 1. The van der Waals surface area contributed by atoms with Crippen LogP contribution in [-0.4, -0.2) is 35.1 Å². The molecule has 0 radical (unpaired) electrons. The zero-order chi connectivity index (χ0) is 23.1. The van der Waals surface area contributed by atoms with Gasteiger partial charge in [-0.2, -0.15) is 0 Å². The fourth-order valence-corrected chi connectivity index (χ4v) is 3.50. The summed E-state index contributed by atoms with van der Waals surface area (Å²) in [5.74, 6) is -2.17. The Morgan fingerprint density at radius 2 is 2.06 bits per heavy atom. The first-order chi connectivity index (χ1) is 15.4. The number of carbonyl (C=O) groups excluding carboxylic acids is 1. The summed E-state index contributed by atoms with van der Waals surface area (Å²) in [6.45, 7) is 0.412. The number of hydrogen-bond acceptors (Lipinski definition) is 5.